The molecule has 0 amide bonds. The van der Waals surface area contributed by atoms with E-state index in [-0.39, 0.29) is 18.9 Å². The summed E-state index contributed by atoms with van der Waals surface area (Å²) < 4.78 is 90.8. The highest BCUT2D eigenvalue weighted by Crippen LogP contribution is 2.46. The molecule has 0 bridgehead atoms. The summed E-state index contributed by atoms with van der Waals surface area (Å²) in [5.41, 5.74) is 1.00. The molecular weight excluding hydrogens is 490 g/mol. The van der Waals surface area contributed by atoms with Crippen LogP contribution in [0.1, 0.15) is 62.8 Å². The summed E-state index contributed by atoms with van der Waals surface area (Å²) in [6.45, 7) is 17.5. The Hall–Kier alpha value is -2.78. The number of fused-ring (bicyclic) bond motifs is 2. The third kappa shape index (κ3) is 12.3. The van der Waals surface area contributed by atoms with Gasteiger partial charge in [-0.2, -0.15) is 17.6 Å². The largest absolute Gasteiger partial charge is 0.586 e. The average Bonchev–Trinajstić information content (AvgIpc) is 2.93. The zero-order valence-corrected chi connectivity index (χ0v) is 21.0. The van der Waals surface area contributed by atoms with Crippen LogP contribution in [0.25, 0.3) is 0 Å². The quantitative estimate of drug-likeness (QED) is 0.321. The van der Waals surface area contributed by atoms with Gasteiger partial charge in [-0.25, -0.2) is 0 Å². The number of halogens is 6. The molecule has 36 heavy (non-hydrogen) atoms. The van der Waals surface area contributed by atoms with Gasteiger partial charge in [0.05, 0.1) is 0 Å². The van der Waals surface area contributed by atoms with Crippen molar-refractivity contribution in [1.82, 2.24) is 0 Å². The predicted octanol–water partition coefficient (Wildman–Crippen LogP) is 9.39. The van der Waals surface area contributed by atoms with E-state index in [0.717, 1.165) is 12.1 Å². The Morgan fingerprint density at radius 3 is 0.889 bits per heavy atom. The molecule has 206 valence electrons. The Kier molecular flexibility index (Phi) is 11.0. The van der Waals surface area contributed by atoms with Crippen molar-refractivity contribution in [2.45, 2.75) is 81.3 Å². The maximum Gasteiger partial charge on any atom is 0.586 e. The molecule has 0 saturated carbocycles. The molecule has 2 aliphatic rings. The number of rotatable bonds is 0. The SMILES string of the molecule is C.CC(C)(C)C.CC(C)(C)C.FC1(F)Oc2ccccc2O1.FC1(F)Oc2ccccc2OC1(F)F. The Labute approximate surface area is 209 Å². The molecule has 0 spiro atoms. The minimum absolute atomic E-state index is 0. The Balaban J connectivity index is 0.000000497. The maximum absolute atomic E-state index is 12.6. The lowest BCUT2D eigenvalue weighted by Gasteiger charge is -2.31. The first-order valence-corrected chi connectivity index (χ1v) is 10.7. The summed E-state index contributed by atoms with van der Waals surface area (Å²) in [5.74, 6) is -0.637. The smallest absolute Gasteiger partial charge is 0.421 e. The van der Waals surface area contributed by atoms with E-state index < -0.39 is 30.0 Å². The molecule has 2 heterocycles. The molecule has 4 rings (SSSR count). The number of ether oxygens (including phenoxy) is 4. The summed E-state index contributed by atoms with van der Waals surface area (Å²) in [6, 6.07) is 11.1. The highest BCUT2D eigenvalue weighted by molar-refractivity contribution is 5.42. The number of hydrogen-bond donors (Lipinski definition) is 0. The van der Waals surface area contributed by atoms with Crippen molar-refractivity contribution in [2.24, 2.45) is 10.8 Å². The lowest BCUT2D eigenvalue weighted by atomic mass is 10.0. The van der Waals surface area contributed by atoms with Crippen LogP contribution < -0.4 is 18.9 Å². The highest BCUT2D eigenvalue weighted by Gasteiger charge is 2.65. The molecule has 10 heteroatoms. The van der Waals surface area contributed by atoms with Crippen LogP contribution in [0.5, 0.6) is 23.0 Å². The minimum atomic E-state index is -4.64. The second kappa shape index (κ2) is 12.0. The molecule has 0 unspecified atom stereocenters. The molecule has 2 aromatic rings. The molecule has 0 saturated heterocycles. The summed E-state index contributed by atoms with van der Waals surface area (Å²) in [6.07, 6.45) is -12.8. The van der Waals surface area contributed by atoms with E-state index in [9.17, 15) is 26.3 Å². The third-order valence-electron chi connectivity index (χ3n) is 2.97. The van der Waals surface area contributed by atoms with Gasteiger partial charge in [0.1, 0.15) is 0 Å². The normalized spacial score (nSPS) is 17.4. The maximum atomic E-state index is 12.6. The van der Waals surface area contributed by atoms with Crippen molar-refractivity contribution in [3.63, 3.8) is 0 Å². The number of alkyl halides is 6. The van der Waals surface area contributed by atoms with Crippen LogP contribution in [-0.4, -0.2) is 18.5 Å². The van der Waals surface area contributed by atoms with Gasteiger partial charge in [-0.3, -0.25) is 0 Å². The fourth-order valence-electron chi connectivity index (χ4n) is 1.91. The van der Waals surface area contributed by atoms with Gasteiger partial charge in [0.15, 0.2) is 23.0 Å². The Bertz CT molecular complexity index is 864. The number of para-hydroxylation sites is 4. The zero-order chi connectivity index (χ0) is 27.3. The summed E-state index contributed by atoms with van der Waals surface area (Å²) >= 11 is 0. The molecule has 0 aromatic heterocycles. The molecular formula is C26H36F6O4. The predicted molar refractivity (Wildman–Crippen MR) is 127 cm³/mol. The second-order valence-corrected chi connectivity index (χ2v) is 10.8. The van der Waals surface area contributed by atoms with Crippen LogP contribution in [0, 0.1) is 10.8 Å². The van der Waals surface area contributed by atoms with Crippen molar-refractivity contribution in [2.75, 3.05) is 0 Å². The minimum Gasteiger partial charge on any atom is -0.421 e. The van der Waals surface area contributed by atoms with Crippen LogP contribution in [0.4, 0.5) is 26.3 Å². The van der Waals surface area contributed by atoms with E-state index in [1.54, 1.807) is 12.1 Å². The molecule has 2 aromatic carbocycles. The van der Waals surface area contributed by atoms with E-state index in [2.05, 4.69) is 74.3 Å². The van der Waals surface area contributed by atoms with E-state index in [1.165, 1.54) is 24.3 Å². The zero-order valence-electron chi connectivity index (χ0n) is 21.0. The Morgan fingerprint density at radius 1 is 0.472 bits per heavy atom. The van der Waals surface area contributed by atoms with Gasteiger partial charge in [-0.15, -0.1) is 8.78 Å². The van der Waals surface area contributed by atoms with Gasteiger partial charge in [-0.05, 0) is 35.1 Å². The first-order valence-electron chi connectivity index (χ1n) is 10.7. The highest BCUT2D eigenvalue weighted by atomic mass is 19.3. The van der Waals surface area contributed by atoms with Crippen LogP contribution >= 0.6 is 0 Å². The summed E-state index contributed by atoms with van der Waals surface area (Å²) in [7, 11) is 0. The monoisotopic (exact) mass is 526 g/mol. The lowest BCUT2D eigenvalue weighted by Crippen LogP contribution is -2.52. The molecule has 0 aliphatic carbocycles. The number of hydrogen-bond acceptors (Lipinski definition) is 4. The van der Waals surface area contributed by atoms with Crippen LogP contribution in [0.3, 0.4) is 0 Å². The van der Waals surface area contributed by atoms with Crippen molar-refractivity contribution in [3.8, 4) is 23.0 Å². The molecule has 0 N–H and O–H groups in total. The third-order valence-corrected chi connectivity index (χ3v) is 2.97. The summed E-state index contributed by atoms with van der Waals surface area (Å²) in [4.78, 5) is 0. The van der Waals surface area contributed by atoms with Gasteiger partial charge in [-0.1, -0.05) is 87.1 Å². The Morgan fingerprint density at radius 2 is 0.667 bits per heavy atom. The molecule has 0 atom stereocenters. The van der Waals surface area contributed by atoms with Crippen LogP contribution in [0.15, 0.2) is 48.5 Å². The summed E-state index contributed by atoms with van der Waals surface area (Å²) in [5, 5.41) is 0. The van der Waals surface area contributed by atoms with Crippen LogP contribution in [0.2, 0.25) is 0 Å². The first-order chi connectivity index (χ1) is 15.6. The second-order valence-electron chi connectivity index (χ2n) is 10.8. The average molecular weight is 527 g/mol. The van der Waals surface area contributed by atoms with Crippen molar-refractivity contribution >= 4 is 0 Å². The van der Waals surface area contributed by atoms with Gasteiger partial charge in [0.25, 0.3) is 0 Å². The van der Waals surface area contributed by atoms with Crippen molar-refractivity contribution in [1.29, 1.82) is 0 Å². The van der Waals surface area contributed by atoms with Gasteiger partial charge in [0, 0.05) is 0 Å². The van der Waals surface area contributed by atoms with Crippen molar-refractivity contribution in [3.05, 3.63) is 48.5 Å². The van der Waals surface area contributed by atoms with E-state index in [1.807, 2.05) is 0 Å². The topological polar surface area (TPSA) is 36.9 Å². The fourth-order valence-corrected chi connectivity index (χ4v) is 1.91. The van der Waals surface area contributed by atoms with E-state index in [0.29, 0.717) is 10.8 Å². The van der Waals surface area contributed by atoms with Gasteiger partial charge < -0.3 is 18.9 Å². The molecule has 0 fully saturated rings. The van der Waals surface area contributed by atoms with Crippen LogP contribution in [-0.2, 0) is 0 Å². The van der Waals surface area contributed by atoms with Gasteiger partial charge >= 0.3 is 18.5 Å². The molecule has 2 aliphatic heterocycles. The van der Waals surface area contributed by atoms with Crippen molar-refractivity contribution < 1.29 is 45.3 Å². The van der Waals surface area contributed by atoms with Gasteiger partial charge in [0.2, 0.25) is 0 Å². The first kappa shape index (κ1) is 33.2. The van der Waals surface area contributed by atoms with E-state index >= 15 is 0 Å². The molecule has 4 nitrogen and oxygen atoms in total. The van der Waals surface area contributed by atoms with E-state index in [4.69, 9.17) is 0 Å². The molecule has 0 radical (unpaired) electrons. The fraction of sp³-hybridized carbons (Fsp3) is 0.538. The number of benzene rings is 2. The standard InChI is InChI=1S/C8H4F4O2.C7H4F2O2.2C5H12.CH4/c9-7(10)8(11,12)14-6-4-2-1-3-5(6)13-7;8-7(9)10-5-3-1-2-4-6(5)11-7;2*1-5(2,3)4;/h1-4H;1-4H;2*1-4H3;1H4. The lowest BCUT2D eigenvalue weighted by molar-refractivity contribution is -0.391.